The number of pyridine rings is 1. The molecule has 4 heteroatoms. The van der Waals surface area contributed by atoms with Crippen molar-refractivity contribution in [3.63, 3.8) is 0 Å². The Morgan fingerprint density at radius 3 is 2.50 bits per heavy atom. The number of carboxylic acid groups (broad SMARTS) is 1. The molecule has 0 saturated carbocycles. The van der Waals surface area contributed by atoms with Crippen LogP contribution in [0.5, 0.6) is 0 Å². The minimum Gasteiger partial charge on any atom is -0.478 e. The quantitative estimate of drug-likeness (QED) is 0.821. The standard InChI is InChI=1S/C12H18N2O2/c1-7(2)9(4)14-11-10(12(15)16)6-5-8(3)13-11/h5-7,9H,1-4H3,(H,13,14)(H,15,16). The summed E-state index contributed by atoms with van der Waals surface area (Å²) in [6.45, 7) is 8.01. The van der Waals surface area contributed by atoms with Crippen LogP contribution in [0.3, 0.4) is 0 Å². The van der Waals surface area contributed by atoms with Crippen molar-refractivity contribution < 1.29 is 9.90 Å². The highest BCUT2D eigenvalue weighted by atomic mass is 16.4. The normalized spacial score (nSPS) is 12.6. The van der Waals surface area contributed by atoms with Crippen LogP contribution >= 0.6 is 0 Å². The fourth-order valence-electron chi connectivity index (χ4n) is 1.22. The Bertz CT molecular complexity index is 389. The van der Waals surface area contributed by atoms with Gasteiger partial charge >= 0.3 is 5.97 Å². The highest BCUT2D eigenvalue weighted by Gasteiger charge is 2.15. The molecule has 88 valence electrons. The molecule has 0 amide bonds. The Hall–Kier alpha value is -1.58. The highest BCUT2D eigenvalue weighted by molar-refractivity contribution is 5.93. The summed E-state index contributed by atoms with van der Waals surface area (Å²) in [4.78, 5) is 15.2. The second kappa shape index (κ2) is 4.96. The smallest absolute Gasteiger partial charge is 0.339 e. The Balaban J connectivity index is 3.01. The first kappa shape index (κ1) is 12.5. The molecular formula is C12H18N2O2. The fraction of sp³-hybridized carbons (Fsp3) is 0.500. The van der Waals surface area contributed by atoms with Gasteiger partial charge in [0.15, 0.2) is 0 Å². The lowest BCUT2D eigenvalue weighted by molar-refractivity contribution is 0.0697. The summed E-state index contributed by atoms with van der Waals surface area (Å²) in [6, 6.07) is 3.47. The van der Waals surface area contributed by atoms with Gasteiger partial charge < -0.3 is 10.4 Å². The molecule has 1 aromatic rings. The van der Waals surface area contributed by atoms with Gasteiger partial charge in [-0.05, 0) is 31.9 Å². The molecule has 16 heavy (non-hydrogen) atoms. The summed E-state index contributed by atoms with van der Waals surface area (Å²) < 4.78 is 0. The van der Waals surface area contributed by atoms with E-state index in [1.54, 1.807) is 12.1 Å². The third-order valence-corrected chi connectivity index (χ3v) is 2.63. The second-order valence-electron chi connectivity index (χ2n) is 4.33. The van der Waals surface area contributed by atoms with E-state index in [0.717, 1.165) is 5.69 Å². The first-order valence-electron chi connectivity index (χ1n) is 5.39. The maximum absolute atomic E-state index is 11.0. The van der Waals surface area contributed by atoms with Crippen molar-refractivity contribution in [2.24, 2.45) is 5.92 Å². The van der Waals surface area contributed by atoms with E-state index in [1.807, 2.05) is 13.8 Å². The number of aryl methyl sites for hydroxylation is 1. The number of nitrogens with zero attached hydrogens (tertiary/aromatic N) is 1. The third kappa shape index (κ3) is 2.95. The van der Waals surface area contributed by atoms with Gasteiger partial charge in [0.2, 0.25) is 0 Å². The summed E-state index contributed by atoms with van der Waals surface area (Å²) in [5.74, 6) is -0.0800. The Morgan fingerprint density at radius 1 is 1.38 bits per heavy atom. The molecule has 4 nitrogen and oxygen atoms in total. The minimum atomic E-state index is -0.953. The molecule has 0 radical (unpaired) electrons. The largest absolute Gasteiger partial charge is 0.478 e. The van der Waals surface area contributed by atoms with Crippen molar-refractivity contribution in [2.75, 3.05) is 5.32 Å². The van der Waals surface area contributed by atoms with E-state index >= 15 is 0 Å². The number of rotatable bonds is 4. The molecule has 0 fully saturated rings. The molecule has 1 rings (SSSR count). The predicted molar refractivity (Wildman–Crippen MR) is 63.9 cm³/mol. The zero-order valence-corrected chi connectivity index (χ0v) is 10.1. The van der Waals surface area contributed by atoms with Gasteiger partial charge in [0.1, 0.15) is 11.4 Å². The molecular weight excluding hydrogens is 204 g/mol. The lowest BCUT2D eigenvalue weighted by Crippen LogP contribution is -2.23. The molecule has 1 unspecified atom stereocenters. The van der Waals surface area contributed by atoms with E-state index in [0.29, 0.717) is 11.7 Å². The monoisotopic (exact) mass is 222 g/mol. The maximum Gasteiger partial charge on any atom is 0.339 e. The van der Waals surface area contributed by atoms with Gasteiger partial charge in [-0.2, -0.15) is 0 Å². The van der Waals surface area contributed by atoms with E-state index in [1.165, 1.54) is 0 Å². The Kier molecular flexibility index (Phi) is 3.88. The molecule has 0 saturated heterocycles. The molecule has 0 aliphatic carbocycles. The maximum atomic E-state index is 11.0. The number of carboxylic acids is 1. The van der Waals surface area contributed by atoms with Crippen molar-refractivity contribution in [1.82, 2.24) is 4.98 Å². The fourth-order valence-corrected chi connectivity index (χ4v) is 1.22. The van der Waals surface area contributed by atoms with Crippen molar-refractivity contribution in [3.05, 3.63) is 23.4 Å². The SMILES string of the molecule is Cc1ccc(C(=O)O)c(NC(C)C(C)C)n1. The number of aromatic nitrogens is 1. The van der Waals surface area contributed by atoms with E-state index in [2.05, 4.69) is 24.1 Å². The van der Waals surface area contributed by atoms with Crippen molar-refractivity contribution in [1.29, 1.82) is 0 Å². The van der Waals surface area contributed by atoms with Crippen LogP contribution in [0.2, 0.25) is 0 Å². The predicted octanol–water partition coefficient (Wildman–Crippen LogP) is 2.54. The molecule has 0 aromatic carbocycles. The van der Waals surface area contributed by atoms with Crippen LogP contribution < -0.4 is 5.32 Å². The topological polar surface area (TPSA) is 62.2 Å². The zero-order valence-electron chi connectivity index (χ0n) is 10.1. The summed E-state index contributed by atoms with van der Waals surface area (Å²) in [7, 11) is 0. The molecule has 0 aliphatic heterocycles. The average Bonchev–Trinajstić information content (AvgIpc) is 2.16. The molecule has 1 aromatic heterocycles. The summed E-state index contributed by atoms with van der Waals surface area (Å²) in [5.41, 5.74) is 1.03. The van der Waals surface area contributed by atoms with Crippen molar-refractivity contribution in [3.8, 4) is 0 Å². The van der Waals surface area contributed by atoms with E-state index in [4.69, 9.17) is 5.11 Å². The van der Waals surface area contributed by atoms with Crippen molar-refractivity contribution in [2.45, 2.75) is 33.7 Å². The molecule has 0 bridgehead atoms. The van der Waals surface area contributed by atoms with Gasteiger partial charge in [0.05, 0.1) is 0 Å². The number of hydrogen-bond acceptors (Lipinski definition) is 3. The van der Waals surface area contributed by atoms with Gasteiger partial charge in [-0.15, -0.1) is 0 Å². The van der Waals surface area contributed by atoms with Gasteiger partial charge in [-0.3, -0.25) is 0 Å². The number of aromatic carboxylic acids is 1. The van der Waals surface area contributed by atoms with Gasteiger partial charge in [0, 0.05) is 11.7 Å². The molecule has 0 spiro atoms. The molecule has 0 aliphatic rings. The van der Waals surface area contributed by atoms with Crippen LogP contribution in [-0.2, 0) is 0 Å². The Labute approximate surface area is 95.7 Å². The van der Waals surface area contributed by atoms with Crippen LogP contribution in [-0.4, -0.2) is 22.1 Å². The van der Waals surface area contributed by atoms with E-state index in [-0.39, 0.29) is 11.6 Å². The first-order chi connectivity index (χ1) is 7.41. The minimum absolute atomic E-state index is 0.187. The van der Waals surface area contributed by atoms with Crippen LogP contribution in [0.15, 0.2) is 12.1 Å². The van der Waals surface area contributed by atoms with Crippen molar-refractivity contribution >= 4 is 11.8 Å². The van der Waals surface area contributed by atoms with Crippen LogP contribution in [0.25, 0.3) is 0 Å². The number of anilines is 1. The summed E-state index contributed by atoms with van der Waals surface area (Å²) >= 11 is 0. The summed E-state index contributed by atoms with van der Waals surface area (Å²) in [5, 5.41) is 12.2. The van der Waals surface area contributed by atoms with Gasteiger partial charge in [0.25, 0.3) is 0 Å². The van der Waals surface area contributed by atoms with Crippen LogP contribution in [0.1, 0.15) is 36.8 Å². The second-order valence-corrected chi connectivity index (χ2v) is 4.33. The van der Waals surface area contributed by atoms with E-state index < -0.39 is 5.97 Å². The average molecular weight is 222 g/mol. The van der Waals surface area contributed by atoms with Crippen LogP contribution in [0, 0.1) is 12.8 Å². The summed E-state index contributed by atoms with van der Waals surface area (Å²) in [6.07, 6.45) is 0. The zero-order chi connectivity index (χ0) is 12.3. The number of hydrogen-bond donors (Lipinski definition) is 2. The number of nitrogens with one attached hydrogen (secondary N) is 1. The first-order valence-corrected chi connectivity index (χ1v) is 5.39. The molecule has 1 atom stereocenters. The Morgan fingerprint density at radius 2 is 2.00 bits per heavy atom. The van der Waals surface area contributed by atoms with Crippen LogP contribution in [0.4, 0.5) is 5.82 Å². The highest BCUT2D eigenvalue weighted by Crippen LogP contribution is 2.16. The van der Waals surface area contributed by atoms with E-state index in [9.17, 15) is 4.79 Å². The van der Waals surface area contributed by atoms with Gasteiger partial charge in [-0.1, -0.05) is 13.8 Å². The third-order valence-electron chi connectivity index (χ3n) is 2.63. The molecule has 1 heterocycles. The lowest BCUT2D eigenvalue weighted by Gasteiger charge is -2.19. The number of carbonyl (C=O) groups is 1. The van der Waals surface area contributed by atoms with Gasteiger partial charge in [-0.25, -0.2) is 9.78 Å². The molecule has 2 N–H and O–H groups in total. The lowest BCUT2D eigenvalue weighted by atomic mass is 10.1.